The number of methoxy groups -OCH3 is 1. The largest absolute Gasteiger partial charge is 0.495 e. The Bertz CT molecular complexity index is 1280. The fraction of sp³-hybridized carbons (Fsp3) is 0.357. The first-order chi connectivity index (χ1) is 18.8. The van der Waals surface area contributed by atoms with Gasteiger partial charge in [-0.2, -0.15) is 0 Å². The molecule has 3 atom stereocenters. The highest BCUT2D eigenvalue weighted by Crippen LogP contribution is 2.33. The predicted molar refractivity (Wildman–Crippen MR) is 149 cm³/mol. The van der Waals surface area contributed by atoms with E-state index in [0.717, 1.165) is 12.8 Å². The number of carbonyl (C=O) groups excluding carboxylic acids is 2. The molecule has 1 saturated heterocycles. The number of amides is 1. The summed E-state index contributed by atoms with van der Waals surface area (Å²) in [7, 11) is 5.12. The van der Waals surface area contributed by atoms with Crippen molar-refractivity contribution in [2.24, 2.45) is 5.92 Å². The monoisotopic (exact) mass is 555 g/mol. The van der Waals surface area contributed by atoms with Crippen LogP contribution in [0.3, 0.4) is 0 Å². The molecule has 1 aromatic carbocycles. The van der Waals surface area contributed by atoms with Gasteiger partial charge in [-0.05, 0) is 59.9 Å². The van der Waals surface area contributed by atoms with E-state index in [1.807, 2.05) is 25.2 Å². The lowest BCUT2D eigenvalue weighted by Gasteiger charge is -2.24. The van der Waals surface area contributed by atoms with Crippen LogP contribution in [-0.4, -0.2) is 61.6 Å². The van der Waals surface area contributed by atoms with E-state index >= 15 is 0 Å². The number of hydrogen-bond donors (Lipinski definition) is 4. The Morgan fingerprint density at radius 2 is 2.05 bits per heavy atom. The first-order valence-corrected chi connectivity index (χ1v) is 13.4. The van der Waals surface area contributed by atoms with E-state index in [9.17, 15) is 18.4 Å². The average Bonchev–Trinajstić information content (AvgIpc) is 3.66. The van der Waals surface area contributed by atoms with Gasteiger partial charge in [0.15, 0.2) is 0 Å². The number of nitrogens with one attached hydrogen (secondary N) is 4. The van der Waals surface area contributed by atoms with Gasteiger partial charge < -0.3 is 20.3 Å². The van der Waals surface area contributed by atoms with Crippen molar-refractivity contribution in [1.29, 1.82) is 0 Å². The van der Waals surface area contributed by atoms with Crippen LogP contribution in [0.25, 0.3) is 11.1 Å². The molecule has 8 nitrogen and oxygen atoms in total. The number of allylic oxidation sites excluding steroid dienone is 4. The summed E-state index contributed by atoms with van der Waals surface area (Å²) in [5.74, 6) is 6.75. The quantitative estimate of drug-likeness (QED) is 0.160. The number of benzene rings is 1. The molecule has 206 valence electrons. The Balaban J connectivity index is 1.70. The number of aldehydes is 1. The third kappa shape index (κ3) is 7.50. The van der Waals surface area contributed by atoms with Crippen molar-refractivity contribution in [3.8, 4) is 11.8 Å². The minimum atomic E-state index is -2.67. The van der Waals surface area contributed by atoms with Crippen molar-refractivity contribution in [2.75, 3.05) is 21.2 Å². The van der Waals surface area contributed by atoms with Gasteiger partial charge in [0, 0.05) is 43.5 Å². The molecular formula is C28H31F2N5O3S. The lowest BCUT2D eigenvalue weighted by molar-refractivity contribution is -0.104. The Morgan fingerprint density at radius 1 is 1.26 bits per heavy atom. The number of alkyl halides is 2. The van der Waals surface area contributed by atoms with E-state index in [1.54, 1.807) is 24.3 Å². The minimum absolute atomic E-state index is 0.164. The second-order valence-electron chi connectivity index (χ2n) is 9.34. The lowest BCUT2D eigenvalue weighted by atomic mass is 9.91. The third-order valence-electron chi connectivity index (χ3n) is 6.03. The van der Waals surface area contributed by atoms with Gasteiger partial charge in [-0.25, -0.2) is 19.6 Å². The Morgan fingerprint density at radius 3 is 2.72 bits per heavy atom. The molecule has 1 amide bonds. The fourth-order valence-corrected chi connectivity index (χ4v) is 4.85. The molecular weight excluding hydrogens is 524 g/mol. The van der Waals surface area contributed by atoms with Crippen molar-refractivity contribution in [3.05, 3.63) is 71.3 Å². The molecule has 2 heterocycles. The highest BCUT2D eigenvalue weighted by molar-refractivity contribution is 8.00. The van der Waals surface area contributed by atoms with E-state index < -0.39 is 23.9 Å². The van der Waals surface area contributed by atoms with Gasteiger partial charge in [0.25, 0.3) is 12.3 Å². The molecule has 1 saturated carbocycles. The maximum atomic E-state index is 13.7. The molecule has 2 aliphatic heterocycles. The number of ether oxygens (including phenoxy) is 1. The lowest BCUT2D eigenvalue weighted by Crippen LogP contribution is -2.43. The maximum Gasteiger partial charge on any atom is 0.261 e. The van der Waals surface area contributed by atoms with Gasteiger partial charge in [-0.3, -0.25) is 9.59 Å². The number of carbonyl (C=O) groups is 2. The normalized spacial score (nSPS) is 22.9. The van der Waals surface area contributed by atoms with Gasteiger partial charge in [0.2, 0.25) is 0 Å². The van der Waals surface area contributed by atoms with Crippen LogP contribution >= 0.6 is 11.8 Å². The van der Waals surface area contributed by atoms with Gasteiger partial charge in [0.05, 0.1) is 7.11 Å². The molecule has 39 heavy (non-hydrogen) atoms. The van der Waals surface area contributed by atoms with E-state index in [4.69, 9.17) is 4.74 Å². The van der Waals surface area contributed by atoms with Crippen LogP contribution in [0, 0.1) is 17.8 Å². The van der Waals surface area contributed by atoms with Crippen molar-refractivity contribution in [2.45, 2.75) is 36.2 Å². The highest BCUT2D eigenvalue weighted by atomic mass is 32.2. The maximum absolute atomic E-state index is 13.7. The Kier molecular flexibility index (Phi) is 9.45. The molecule has 0 aromatic heterocycles. The number of thioether (sulfide) groups is 1. The summed E-state index contributed by atoms with van der Waals surface area (Å²) < 4.78 is 32.8. The summed E-state index contributed by atoms with van der Waals surface area (Å²) in [5.41, 5.74) is 8.07. The van der Waals surface area contributed by atoms with Crippen LogP contribution in [-0.2, 0) is 9.53 Å². The summed E-state index contributed by atoms with van der Waals surface area (Å²) in [6.07, 6.45) is 7.83. The summed E-state index contributed by atoms with van der Waals surface area (Å²) >= 11 is 1.43. The van der Waals surface area contributed by atoms with Crippen LogP contribution in [0.15, 0.2) is 54.6 Å². The van der Waals surface area contributed by atoms with E-state index in [0.29, 0.717) is 40.2 Å². The highest BCUT2D eigenvalue weighted by Gasteiger charge is 2.29. The van der Waals surface area contributed by atoms with E-state index in [2.05, 4.69) is 33.3 Å². The van der Waals surface area contributed by atoms with Crippen LogP contribution in [0.5, 0.6) is 0 Å². The van der Waals surface area contributed by atoms with Gasteiger partial charge >= 0.3 is 0 Å². The second kappa shape index (κ2) is 13.0. The summed E-state index contributed by atoms with van der Waals surface area (Å²) in [5, 5.41) is 5.40. The smallest absolute Gasteiger partial charge is 0.261 e. The fourth-order valence-electron chi connectivity index (χ4n) is 3.99. The Hall–Kier alpha value is -3.59. The average molecular weight is 556 g/mol. The molecule has 1 aliphatic carbocycles. The van der Waals surface area contributed by atoms with Gasteiger partial charge in [0.1, 0.15) is 29.0 Å². The number of dihydropyridines is 1. The first-order valence-electron chi connectivity index (χ1n) is 12.4. The van der Waals surface area contributed by atoms with E-state index in [-0.39, 0.29) is 10.9 Å². The Labute approximate surface area is 231 Å². The van der Waals surface area contributed by atoms with Crippen molar-refractivity contribution in [1.82, 2.24) is 26.4 Å². The molecule has 1 aromatic rings. The first kappa shape index (κ1) is 28.4. The molecule has 11 heteroatoms. The number of hydrogen-bond acceptors (Lipinski definition) is 8. The molecule has 0 bridgehead atoms. The zero-order valence-corrected chi connectivity index (χ0v) is 22.6. The topological polar surface area (TPSA) is 94.7 Å². The van der Waals surface area contributed by atoms with Gasteiger partial charge in [-0.1, -0.05) is 29.7 Å². The molecule has 4 rings (SSSR count). The predicted octanol–water partition coefficient (Wildman–Crippen LogP) is 3.05. The van der Waals surface area contributed by atoms with Crippen LogP contribution in [0.2, 0.25) is 0 Å². The van der Waals surface area contributed by atoms with Crippen LogP contribution < -0.4 is 21.5 Å². The van der Waals surface area contributed by atoms with Crippen LogP contribution in [0.4, 0.5) is 8.78 Å². The second-order valence-corrected chi connectivity index (χ2v) is 10.6. The number of halogens is 2. The number of nitrogens with zero attached hydrogens (tertiary/aromatic N) is 1. The zero-order valence-electron chi connectivity index (χ0n) is 21.8. The standard InChI is InChI=1S/C28H31F2N5O3S/c1-35(2)16-19(5-4-12-36)18-9-10-20(21(13-18)22-14-23(26(29)30)31-15-24(22)38-3)27(37)32-28-34-33-25(39-28)11-8-17-6-7-17/h4-5,9-10,12-17,23,25-26,28,31,33-34H,6-7H2,1-3H3,(H,32,37)/b5-4-,19-16?. The van der Waals surface area contributed by atoms with Gasteiger partial charge in [-0.15, -0.1) is 0 Å². The SMILES string of the molecule is COC1=CNC(C(F)F)C=C1c1cc(C(=CN(C)C)/C=C\C=O)ccc1C(=O)NC1NNC(C#CC2CC2)S1. The van der Waals surface area contributed by atoms with Crippen LogP contribution in [0.1, 0.15) is 34.3 Å². The molecule has 3 unspecified atom stereocenters. The molecule has 2 fully saturated rings. The molecule has 0 spiro atoms. The third-order valence-corrected chi connectivity index (χ3v) is 7.04. The summed E-state index contributed by atoms with van der Waals surface area (Å²) in [4.78, 5) is 26.4. The molecule has 3 aliphatic rings. The minimum Gasteiger partial charge on any atom is -0.495 e. The number of rotatable bonds is 9. The summed E-state index contributed by atoms with van der Waals surface area (Å²) in [6, 6.07) is 3.88. The molecule has 0 radical (unpaired) electrons. The van der Waals surface area contributed by atoms with Crippen molar-refractivity contribution in [3.63, 3.8) is 0 Å². The zero-order chi connectivity index (χ0) is 27.9. The van der Waals surface area contributed by atoms with Crippen molar-refractivity contribution >= 4 is 35.1 Å². The molecule has 4 N–H and O–H groups in total. The van der Waals surface area contributed by atoms with Crippen molar-refractivity contribution < 1.29 is 23.1 Å². The summed E-state index contributed by atoms with van der Waals surface area (Å²) in [6.45, 7) is 0. The van der Waals surface area contributed by atoms with E-state index in [1.165, 1.54) is 37.2 Å². The number of hydrazine groups is 1.